The molecule has 0 aliphatic heterocycles. The summed E-state index contributed by atoms with van der Waals surface area (Å²) in [5, 5.41) is 28.4. The third-order valence-corrected chi connectivity index (χ3v) is 3.05. The molecule has 0 aliphatic carbocycles. The van der Waals surface area contributed by atoms with Crippen molar-refractivity contribution < 1.29 is 10.0 Å². The van der Waals surface area contributed by atoms with Crippen molar-refractivity contribution >= 4 is 5.69 Å². The number of nitro groups is 1. The van der Waals surface area contributed by atoms with Crippen LogP contribution in [0.3, 0.4) is 0 Å². The molecular weight excluding hydrogens is 272 g/mol. The highest BCUT2D eigenvalue weighted by Crippen LogP contribution is 2.26. The molecule has 1 heterocycles. The number of hydrogen-bond acceptors (Lipinski definition) is 5. The monoisotopic (exact) mass is 290 g/mol. The predicted octanol–water partition coefficient (Wildman–Crippen LogP) is 2.31. The molecule has 0 unspecified atom stereocenters. The van der Waals surface area contributed by atoms with Crippen molar-refractivity contribution in [3.8, 4) is 11.4 Å². The minimum atomic E-state index is -0.424. The zero-order chi connectivity index (χ0) is 15.6. The van der Waals surface area contributed by atoms with Crippen molar-refractivity contribution in [1.82, 2.24) is 14.8 Å². The normalized spacial score (nSPS) is 11.1. The molecule has 2 aromatic rings. The van der Waals surface area contributed by atoms with Gasteiger partial charge in [-0.25, -0.2) is 0 Å². The standard InChI is InChI=1S/C14H18N4O3/c1-9(2)7-17-13(8-19)15-16-14(17)11-4-10(3)5-12(6-11)18(20)21/h4-6,9,19H,7-8H2,1-3H3. The highest BCUT2D eigenvalue weighted by atomic mass is 16.6. The molecule has 0 fully saturated rings. The van der Waals surface area contributed by atoms with Gasteiger partial charge in [0.05, 0.1) is 4.92 Å². The summed E-state index contributed by atoms with van der Waals surface area (Å²) in [6.45, 7) is 6.31. The molecule has 0 amide bonds. The van der Waals surface area contributed by atoms with Crippen molar-refractivity contribution in [2.45, 2.75) is 33.9 Å². The minimum absolute atomic E-state index is 0.0228. The first kappa shape index (κ1) is 15.1. The summed E-state index contributed by atoms with van der Waals surface area (Å²) in [7, 11) is 0. The number of hydrogen-bond donors (Lipinski definition) is 1. The Labute approximate surface area is 122 Å². The van der Waals surface area contributed by atoms with Gasteiger partial charge in [0.15, 0.2) is 11.6 Å². The van der Waals surface area contributed by atoms with E-state index in [1.807, 2.05) is 24.5 Å². The van der Waals surface area contributed by atoms with E-state index in [0.29, 0.717) is 29.7 Å². The average molecular weight is 290 g/mol. The number of non-ortho nitro benzene ring substituents is 1. The summed E-state index contributed by atoms with van der Waals surface area (Å²) >= 11 is 0. The van der Waals surface area contributed by atoms with Gasteiger partial charge in [0.2, 0.25) is 0 Å². The molecule has 0 saturated carbocycles. The van der Waals surface area contributed by atoms with Crippen LogP contribution in [0.25, 0.3) is 11.4 Å². The highest BCUT2D eigenvalue weighted by molar-refractivity contribution is 5.61. The molecule has 0 radical (unpaired) electrons. The smallest absolute Gasteiger partial charge is 0.270 e. The summed E-state index contributed by atoms with van der Waals surface area (Å²) in [6, 6.07) is 4.82. The summed E-state index contributed by atoms with van der Waals surface area (Å²) in [4.78, 5) is 10.6. The lowest BCUT2D eigenvalue weighted by Gasteiger charge is -2.12. The molecular formula is C14H18N4O3. The van der Waals surface area contributed by atoms with Crippen LogP contribution < -0.4 is 0 Å². The fraction of sp³-hybridized carbons (Fsp3) is 0.429. The molecule has 112 valence electrons. The van der Waals surface area contributed by atoms with Gasteiger partial charge in [-0.05, 0) is 24.5 Å². The van der Waals surface area contributed by atoms with Crippen molar-refractivity contribution in [2.24, 2.45) is 5.92 Å². The molecule has 21 heavy (non-hydrogen) atoms. The Morgan fingerprint density at radius 3 is 2.62 bits per heavy atom. The Balaban J connectivity index is 2.56. The number of aliphatic hydroxyl groups is 1. The predicted molar refractivity (Wildman–Crippen MR) is 77.6 cm³/mol. The Hall–Kier alpha value is -2.28. The van der Waals surface area contributed by atoms with E-state index >= 15 is 0 Å². The third kappa shape index (κ3) is 3.25. The van der Waals surface area contributed by atoms with Crippen LogP contribution in [0.4, 0.5) is 5.69 Å². The van der Waals surface area contributed by atoms with Crippen molar-refractivity contribution in [1.29, 1.82) is 0 Å². The van der Waals surface area contributed by atoms with Gasteiger partial charge in [-0.3, -0.25) is 10.1 Å². The number of rotatable bonds is 5. The van der Waals surface area contributed by atoms with Crippen molar-refractivity contribution in [3.05, 3.63) is 39.7 Å². The molecule has 1 N–H and O–H groups in total. The van der Waals surface area contributed by atoms with E-state index in [0.717, 1.165) is 5.56 Å². The maximum absolute atomic E-state index is 11.0. The number of benzene rings is 1. The Kier molecular flexibility index (Phi) is 4.32. The Bertz CT molecular complexity index is 664. The lowest BCUT2D eigenvalue weighted by Crippen LogP contribution is -2.10. The second-order valence-electron chi connectivity index (χ2n) is 5.42. The fourth-order valence-electron chi connectivity index (χ4n) is 2.22. The fourth-order valence-corrected chi connectivity index (χ4v) is 2.22. The molecule has 0 bridgehead atoms. The summed E-state index contributed by atoms with van der Waals surface area (Å²) in [5.41, 5.74) is 1.44. The number of aliphatic hydroxyl groups excluding tert-OH is 1. The van der Waals surface area contributed by atoms with Gasteiger partial charge in [-0.1, -0.05) is 13.8 Å². The van der Waals surface area contributed by atoms with Gasteiger partial charge in [-0.2, -0.15) is 0 Å². The summed E-state index contributed by atoms with van der Waals surface area (Å²) in [5.74, 6) is 1.34. The molecule has 1 aromatic carbocycles. The molecule has 0 atom stereocenters. The van der Waals surface area contributed by atoms with Crippen LogP contribution in [0.2, 0.25) is 0 Å². The van der Waals surface area contributed by atoms with E-state index in [9.17, 15) is 15.2 Å². The van der Waals surface area contributed by atoms with Gasteiger partial charge in [0.25, 0.3) is 5.69 Å². The third-order valence-electron chi connectivity index (χ3n) is 3.05. The lowest BCUT2D eigenvalue weighted by atomic mass is 10.1. The first-order valence-electron chi connectivity index (χ1n) is 6.71. The minimum Gasteiger partial charge on any atom is -0.388 e. The maximum atomic E-state index is 11.0. The lowest BCUT2D eigenvalue weighted by molar-refractivity contribution is -0.384. The number of nitrogens with zero attached hydrogens (tertiary/aromatic N) is 4. The average Bonchev–Trinajstić information content (AvgIpc) is 2.80. The summed E-state index contributed by atoms with van der Waals surface area (Å²) < 4.78 is 1.81. The molecule has 2 rings (SSSR count). The topological polar surface area (TPSA) is 94.1 Å². The van der Waals surface area contributed by atoms with Gasteiger partial charge in [0, 0.05) is 24.2 Å². The van der Waals surface area contributed by atoms with Crippen molar-refractivity contribution in [3.63, 3.8) is 0 Å². The zero-order valence-corrected chi connectivity index (χ0v) is 12.3. The van der Waals surface area contributed by atoms with Crippen LogP contribution in [0.15, 0.2) is 18.2 Å². The Morgan fingerprint density at radius 1 is 1.33 bits per heavy atom. The van der Waals surface area contributed by atoms with Crippen LogP contribution >= 0.6 is 0 Å². The van der Waals surface area contributed by atoms with Crippen LogP contribution in [-0.2, 0) is 13.2 Å². The van der Waals surface area contributed by atoms with E-state index in [-0.39, 0.29) is 12.3 Å². The van der Waals surface area contributed by atoms with Gasteiger partial charge in [0.1, 0.15) is 6.61 Å². The van der Waals surface area contributed by atoms with E-state index in [1.54, 1.807) is 6.92 Å². The van der Waals surface area contributed by atoms with Gasteiger partial charge in [-0.15, -0.1) is 10.2 Å². The van der Waals surface area contributed by atoms with Crippen LogP contribution in [0.5, 0.6) is 0 Å². The van der Waals surface area contributed by atoms with E-state index < -0.39 is 4.92 Å². The first-order chi connectivity index (χ1) is 9.92. The van der Waals surface area contributed by atoms with Gasteiger partial charge >= 0.3 is 0 Å². The Morgan fingerprint density at radius 2 is 2.05 bits per heavy atom. The molecule has 7 nitrogen and oxygen atoms in total. The molecule has 0 saturated heterocycles. The van der Waals surface area contributed by atoms with E-state index in [2.05, 4.69) is 10.2 Å². The van der Waals surface area contributed by atoms with Gasteiger partial charge < -0.3 is 9.67 Å². The largest absolute Gasteiger partial charge is 0.388 e. The van der Waals surface area contributed by atoms with Crippen LogP contribution in [-0.4, -0.2) is 24.8 Å². The van der Waals surface area contributed by atoms with Crippen LogP contribution in [0.1, 0.15) is 25.2 Å². The van der Waals surface area contributed by atoms with E-state index in [1.165, 1.54) is 12.1 Å². The number of aromatic nitrogens is 3. The van der Waals surface area contributed by atoms with E-state index in [4.69, 9.17) is 0 Å². The van der Waals surface area contributed by atoms with Crippen molar-refractivity contribution in [2.75, 3.05) is 0 Å². The maximum Gasteiger partial charge on any atom is 0.270 e. The summed E-state index contributed by atoms with van der Waals surface area (Å²) in [6.07, 6.45) is 0. The second kappa shape index (κ2) is 6.01. The highest BCUT2D eigenvalue weighted by Gasteiger charge is 2.17. The molecule has 7 heteroatoms. The molecule has 0 aliphatic rings. The SMILES string of the molecule is Cc1cc(-c2nnc(CO)n2CC(C)C)cc([N+](=O)[O-])c1. The zero-order valence-electron chi connectivity index (χ0n) is 12.3. The van der Waals surface area contributed by atoms with Crippen LogP contribution in [0, 0.1) is 23.0 Å². The molecule has 0 spiro atoms. The number of aryl methyl sites for hydroxylation is 1. The quantitative estimate of drug-likeness (QED) is 0.673. The number of nitro benzene ring substituents is 1. The second-order valence-corrected chi connectivity index (χ2v) is 5.42. The molecule has 1 aromatic heterocycles. The first-order valence-corrected chi connectivity index (χ1v) is 6.71.